The highest BCUT2D eigenvalue weighted by atomic mass is 16.5. The Hall–Kier alpha value is -4.15. The van der Waals surface area contributed by atoms with Crippen molar-refractivity contribution in [2.24, 2.45) is 0 Å². The van der Waals surface area contributed by atoms with E-state index in [4.69, 9.17) is 10.00 Å². The summed E-state index contributed by atoms with van der Waals surface area (Å²) >= 11 is 0. The Bertz CT molecular complexity index is 1150. The second-order valence-corrected chi connectivity index (χ2v) is 8.11. The van der Waals surface area contributed by atoms with Crippen molar-refractivity contribution < 1.29 is 14.3 Å². The molecule has 0 radical (unpaired) electrons. The van der Waals surface area contributed by atoms with Crippen LogP contribution < -0.4 is 10.2 Å². The quantitative estimate of drug-likeness (QED) is 0.548. The molecule has 1 amide bonds. The Morgan fingerprint density at radius 3 is 2.21 bits per heavy atom. The number of nitrogens with zero attached hydrogens (tertiary/aromatic N) is 3. The molecule has 0 unspecified atom stereocenters. The maximum absolute atomic E-state index is 12.2. The van der Waals surface area contributed by atoms with Crippen molar-refractivity contribution in [2.45, 2.75) is 6.54 Å². The van der Waals surface area contributed by atoms with Crippen molar-refractivity contribution in [1.82, 2.24) is 4.90 Å². The molecule has 3 aromatic rings. The van der Waals surface area contributed by atoms with Gasteiger partial charge in [0.25, 0.3) is 5.91 Å². The molecule has 1 heterocycles. The van der Waals surface area contributed by atoms with E-state index in [1.54, 1.807) is 0 Å². The molecule has 0 spiro atoms. The van der Waals surface area contributed by atoms with Gasteiger partial charge in [-0.05, 0) is 54.1 Å². The number of nitriles is 1. The van der Waals surface area contributed by atoms with Crippen LogP contribution in [0.3, 0.4) is 0 Å². The van der Waals surface area contributed by atoms with Crippen LogP contribution in [0.5, 0.6) is 0 Å². The first kappa shape index (κ1) is 23.0. The van der Waals surface area contributed by atoms with Gasteiger partial charge in [0.05, 0.1) is 17.2 Å². The fourth-order valence-corrected chi connectivity index (χ4v) is 3.85. The van der Waals surface area contributed by atoms with Crippen molar-refractivity contribution >= 4 is 23.3 Å². The molecule has 172 valence electrons. The van der Waals surface area contributed by atoms with E-state index < -0.39 is 11.9 Å². The van der Waals surface area contributed by atoms with Crippen LogP contribution in [0.15, 0.2) is 78.9 Å². The minimum atomic E-state index is -0.610. The first-order valence-corrected chi connectivity index (χ1v) is 11.2. The number of piperazine rings is 1. The summed E-state index contributed by atoms with van der Waals surface area (Å²) in [6.45, 7) is 4.48. The Morgan fingerprint density at radius 2 is 1.56 bits per heavy atom. The van der Waals surface area contributed by atoms with Crippen LogP contribution in [-0.2, 0) is 16.1 Å². The van der Waals surface area contributed by atoms with Crippen LogP contribution >= 0.6 is 0 Å². The SMILES string of the molecule is N#Cc1ccc(C(=O)OCC(=O)Nc2ccc(N3CCN(Cc4ccccc4)CC3)cc2)cc1. The van der Waals surface area contributed by atoms with Crippen LogP contribution in [0, 0.1) is 11.3 Å². The van der Waals surface area contributed by atoms with Gasteiger partial charge in [0.15, 0.2) is 6.61 Å². The van der Waals surface area contributed by atoms with E-state index in [0.717, 1.165) is 38.4 Å². The van der Waals surface area contributed by atoms with Gasteiger partial charge in [-0.25, -0.2) is 4.79 Å². The highest BCUT2D eigenvalue weighted by Gasteiger charge is 2.17. The summed E-state index contributed by atoms with van der Waals surface area (Å²) in [6.07, 6.45) is 0. The van der Waals surface area contributed by atoms with E-state index in [2.05, 4.69) is 39.4 Å². The lowest BCUT2D eigenvalue weighted by Crippen LogP contribution is -2.45. The molecular weight excluding hydrogens is 428 g/mol. The van der Waals surface area contributed by atoms with E-state index in [0.29, 0.717) is 16.8 Å². The number of benzene rings is 3. The van der Waals surface area contributed by atoms with Crippen molar-refractivity contribution in [2.75, 3.05) is 43.0 Å². The summed E-state index contributed by atoms with van der Waals surface area (Å²) in [4.78, 5) is 29.0. The Balaban J connectivity index is 1.21. The number of rotatable bonds is 7. The number of hydrogen-bond acceptors (Lipinski definition) is 6. The topological polar surface area (TPSA) is 85.7 Å². The van der Waals surface area contributed by atoms with Crippen molar-refractivity contribution in [3.05, 3.63) is 95.6 Å². The van der Waals surface area contributed by atoms with Crippen molar-refractivity contribution in [3.8, 4) is 6.07 Å². The zero-order valence-corrected chi connectivity index (χ0v) is 18.8. The monoisotopic (exact) mass is 454 g/mol. The van der Waals surface area contributed by atoms with Crippen molar-refractivity contribution in [3.63, 3.8) is 0 Å². The molecule has 0 saturated carbocycles. The molecule has 7 heteroatoms. The summed E-state index contributed by atoms with van der Waals surface area (Å²) in [7, 11) is 0. The summed E-state index contributed by atoms with van der Waals surface area (Å²) in [5, 5.41) is 11.6. The third-order valence-corrected chi connectivity index (χ3v) is 5.72. The van der Waals surface area contributed by atoms with Gasteiger partial charge in [0, 0.05) is 44.1 Å². The highest BCUT2D eigenvalue weighted by molar-refractivity contribution is 5.95. The predicted octanol–water partition coefficient (Wildman–Crippen LogP) is 3.68. The highest BCUT2D eigenvalue weighted by Crippen LogP contribution is 2.20. The van der Waals surface area contributed by atoms with Crippen LogP contribution in [-0.4, -0.2) is 49.6 Å². The minimum Gasteiger partial charge on any atom is -0.452 e. The average Bonchev–Trinajstić information content (AvgIpc) is 2.89. The maximum Gasteiger partial charge on any atom is 0.338 e. The molecule has 0 aromatic heterocycles. The lowest BCUT2D eigenvalue weighted by molar-refractivity contribution is -0.119. The number of esters is 1. The number of carbonyl (C=O) groups is 2. The zero-order valence-electron chi connectivity index (χ0n) is 18.8. The third-order valence-electron chi connectivity index (χ3n) is 5.72. The number of ether oxygens (including phenoxy) is 1. The van der Waals surface area contributed by atoms with Gasteiger partial charge in [-0.15, -0.1) is 0 Å². The normalized spacial score (nSPS) is 13.7. The van der Waals surface area contributed by atoms with Crippen LogP contribution in [0.1, 0.15) is 21.5 Å². The molecule has 3 aromatic carbocycles. The van der Waals surface area contributed by atoms with Crippen molar-refractivity contribution in [1.29, 1.82) is 5.26 Å². The second-order valence-electron chi connectivity index (χ2n) is 8.11. The molecule has 1 aliphatic heterocycles. The van der Waals surface area contributed by atoms with E-state index in [1.165, 1.54) is 29.8 Å². The van der Waals surface area contributed by atoms with Gasteiger partial charge < -0.3 is 15.0 Å². The average molecular weight is 455 g/mol. The van der Waals surface area contributed by atoms with E-state index >= 15 is 0 Å². The number of anilines is 2. The number of hydrogen-bond donors (Lipinski definition) is 1. The molecule has 34 heavy (non-hydrogen) atoms. The van der Waals surface area contributed by atoms with E-state index in [9.17, 15) is 9.59 Å². The summed E-state index contributed by atoms with van der Waals surface area (Å²) in [5.41, 5.74) is 3.83. The van der Waals surface area contributed by atoms with Crippen LogP contribution in [0.2, 0.25) is 0 Å². The van der Waals surface area contributed by atoms with Gasteiger partial charge in [-0.3, -0.25) is 9.69 Å². The number of carbonyl (C=O) groups excluding carboxylic acids is 2. The smallest absolute Gasteiger partial charge is 0.338 e. The fourth-order valence-electron chi connectivity index (χ4n) is 3.85. The largest absolute Gasteiger partial charge is 0.452 e. The minimum absolute atomic E-state index is 0.292. The molecule has 0 bridgehead atoms. The van der Waals surface area contributed by atoms with Gasteiger partial charge in [0.2, 0.25) is 0 Å². The fraction of sp³-hybridized carbons (Fsp3) is 0.222. The van der Waals surface area contributed by atoms with E-state index in [1.807, 2.05) is 36.4 Å². The Kier molecular flexibility index (Phi) is 7.53. The van der Waals surface area contributed by atoms with Gasteiger partial charge in [-0.1, -0.05) is 30.3 Å². The summed E-state index contributed by atoms with van der Waals surface area (Å²) in [5.74, 6) is -1.02. The predicted molar refractivity (Wildman–Crippen MR) is 130 cm³/mol. The molecular formula is C27H26N4O3. The van der Waals surface area contributed by atoms with Crippen LogP contribution in [0.4, 0.5) is 11.4 Å². The number of amides is 1. The molecule has 1 saturated heterocycles. The lowest BCUT2D eigenvalue weighted by atomic mass is 10.1. The first-order valence-electron chi connectivity index (χ1n) is 11.2. The third kappa shape index (κ3) is 6.21. The molecule has 0 aliphatic carbocycles. The maximum atomic E-state index is 12.2. The van der Waals surface area contributed by atoms with E-state index in [-0.39, 0.29) is 6.61 Å². The van der Waals surface area contributed by atoms with Gasteiger partial charge in [0.1, 0.15) is 0 Å². The number of nitrogens with one attached hydrogen (secondary N) is 1. The van der Waals surface area contributed by atoms with Crippen LogP contribution in [0.25, 0.3) is 0 Å². The summed E-state index contributed by atoms with van der Waals surface area (Å²) < 4.78 is 5.06. The molecule has 1 fully saturated rings. The Labute approximate surface area is 199 Å². The molecule has 7 nitrogen and oxygen atoms in total. The molecule has 4 rings (SSSR count). The lowest BCUT2D eigenvalue weighted by Gasteiger charge is -2.36. The summed E-state index contributed by atoms with van der Waals surface area (Å²) in [6, 6.07) is 26.2. The zero-order chi connectivity index (χ0) is 23.8. The van der Waals surface area contributed by atoms with Gasteiger partial charge in [-0.2, -0.15) is 5.26 Å². The van der Waals surface area contributed by atoms with Gasteiger partial charge >= 0.3 is 5.97 Å². The molecule has 1 N–H and O–H groups in total. The molecule has 1 aliphatic rings. The Morgan fingerprint density at radius 1 is 0.882 bits per heavy atom. The first-order chi connectivity index (χ1) is 16.6. The second kappa shape index (κ2) is 11.1. The molecule has 0 atom stereocenters. The standard InChI is InChI=1S/C27H26N4O3/c28-18-21-6-8-23(9-7-21)27(33)34-20-26(32)29-24-10-12-25(13-11-24)31-16-14-30(15-17-31)19-22-4-2-1-3-5-22/h1-13H,14-17,19-20H2,(H,29,32).